The molecule has 3 rings (SSSR count). The van der Waals surface area contributed by atoms with E-state index >= 15 is 0 Å². The molecule has 33 heavy (non-hydrogen) atoms. The molecule has 0 heterocycles. The van der Waals surface area contributed by atoms with Crippen LogP contribution in [0.3, 0.4) is 0 Å². The van der Waals surface area contributed by atoms with Crippen LogP contribution in [-0.4, -0.2) is 30.4 Å². The number of aryl methyl sites for hydroxylation is 1. The third-order valence-electron chi connectivity index (χ3n) is 4.61. The summed E-state index contributed by atoms with van der Waals surface area (Å²) < 4.78 is 5.51. The minimum absolute atomic E-state index is 0.0589. The molecule has 0 aliphatic carbocycles. The van der Waals surface area contributed by atoms with Gasteiger partial charge in [-0.15, -0.1) is 11.8 Å². The third-order valence-corrected chi connectivity index (χ3v) is 5.61. The molecule has 0 radical (unpaired) electrons. The molecule has 0 aromatic heterocycles. The fraction of sp³-hybridized carbons (Fsp3) is 0.192. The van der Waals surface area contributed by atoms with Gasteiger partial charge in [0.05, 0.1) is 12.0 Å². The highest BCUT2D eigenvalue weighted by molar-refractivity contribution is 7.99. The van der Waals surface area contributed by atoms with Crippen molar-refractivity contribution in [2.45, 2.75) is 19.2 Å². The first-order valence-corrected chi connectivity index (χ1v) is 11.7. The molecule has 0 fully saturated rings. The van der Waals surface area contributed by atoms with E-state index in [4.69, 9.17) is 4.74 Å². The van der Waals surface area contributed by atoms with Gasteiger partial charge < -0.3 is 10.1 Å². The molecule has 2 amide bonds. The van der Waals surface area contributed by atoms with Crippen LogP contribution in [0, 0.1) is 6.92 Å². The van der Waals surface area contributed by atoms with Crippen LogP contribution in [0.5, 0.6) is 5.75 Å². The maximum absolute atomic E-state index is 11.9. The molecule has 0 atom stereocenters. The quantitative estimate of drug-likeness (QED) is 0.333. The fourth-order valence-electron chi connectivity index (χ4n) is 2.80. The number of carbonyl (C=O) groups excluding carboxylic acids is 2. The average molecular weight is 462 g/mol. The van der Waals surface area contributed by atoms with Gasteiger partial charge in [-0.05, 0) is 47.9 Å². The highest BCUT2D eigenvalue weighted by atomic mass is 32.2. The molecule has 0 aliphatic heterocycles. The topological polar surface area (TPSA) is 79.8 Å². The van der Waals surface area contributed by atoms with E-state index in [1.165, 1.54) is 11.1 Å². The number of hydrazone groups is 1. The van der Waals surface area contributed by atoms with Crippen LogP contribution in [0.4, 0.5) is 0 Å². The van der Waals surface area contributed by atoms with E-state index < -0.39 is 0 Å². The Morgan fingerprint density at radius 1 is 0.909 bits per heavy atom. The number of carbonyl (C=O) groups is 2. The minimum Gasteiger partial charge on any atom is -0.484 e. The molecule has 0 saturated heterocycles. The second kappa shape index (κ2) is 13.1. The number of amides is 2. The number of nitrogens with one attached hydrogen (secondary N) is 2. The lowest BCUT2D eigenvalue weighted by Crippen LogP contribution is -2.28. The predicted molar refractivity (Wildman–Crippen MR) is 133 cm³/mol. The number of rotatable bonds is 11. The zero-order valence-electron chi connectivity index (χ0n) is 18.5. The first-order chi connectivity index (χ1) is 16.1. The summed E-state index contributed by atoms with van der Waals surface area (Å²) in [5.41, 5.74) is 6.79. The first-order valence-electron chi connectivity index (χ1n) is 10.6. The van der Waals surface area contributed by atoms with Crippen LogP contribution < -0.4 is 15.5 Å². The van der Waals surface area contributed by atoms with Crippen molar-refractivity contribution in [1.82, 2.24) is 10.7 Å². The zero-order valence-corrected chi connectivity index (χ0v) is 19.3. The number of hydrogen-bond acceptors (Lipinski definition) is 5. The summed E-state index contributed by atoms with van der Waals surface area (Å²) in [5.74, 6) is 1.36. The average Bonchev–Trinajstić information content (AvgIpc) is 2.84. The number of thioether (sulfide) groups is 1. The molecule has 3 aromatic carbocycles. The first kappa shape index (κ1) is 24.1. The number of benzene rings is 3. The van der Waals surface area contributed by atoms with Crippen LogP contribution in [0.15, 0.2) is 84.0 Å². The molecule has 2 N–H and O–H groups in total. The molecular formula is C26H27N3O3S. The summed E-state index contributed by atoms with van der Waals surface area (Å²) >= 11 is 1.54. The van der Waals surface area contributed by atoms with Crippen LogP contribution in [-0.2, 0) is 21.9 Å². The van der Waals surface area contributed by atoms with E-state index in [9.17, 15) is 9.59 Å². The van der Waals surface area contributed by atoms with E-state index in [0.717, 1.165) is 16.9 Å². The van der Waals surface area contributed by atoms with Gasteiger partial charge in [0.1, 0.15) is 5.75 Å². The summed E-state index contributed by atoms with van der Waals surface area (Å²) in [5, 5.41) is 6.81. The Balaban J connectivity index is 1.32. The lowest BCUT2D eigenvalue weighted by molar-refractivity contribution is -0.123. The molecule has 0 aliphatic rings. The maximum atomic E-state index is 11.9. The number of nitrogens with zero attached hydrogens (tertiary/aromatic N) is 1. The Morgan fingerprint density at radius 2 is 1.64 bits per heavy atom. The minimum atomic E-state index is -0.188. The Bertz CT molecular complexity index is 1050. The van der Waals surface area contributed by atoms with Crippen molar-refractivity contribution in [2.24, 2.45) is 5.10 Å². The van der Waals surface area contributed by atoms with Crippen molar-refractivity contribution >= 4 is 29.8 Å². The molecule has 0 spiro atoms. The molecular weight excluding hydrogens is 434 g/mol. The van der Waals surface area contributed by atoms with E-state index in [1.807, 2.05) is 30.3 Å². The zero-order chi connectivity index (χ0) is 23.3. The summed E-state index contributed by atoms with van der Waals surface area (Å²) in [7, 11) is 0. The number of ether oxygens (including phenoxy) is 1. The van der Waals surface area contributed by atoms with Gasteiger partial charge in [-0.25, -0.2) is 5.43 Å². The van der Waals surface area contributed by atoms with Crippen molar-refractivity contribution in [3.63, 3.8) is 0 Å². The van der Waals surface area contributed by atoms with Crippen LogP contribution in [0.2, 0.25) is 0 Å². The van der Waals surface area contributed by atoms with Crippen molar-refractivity contribution in [1.29, 1.82) is 0 Å². The smallest absolute Gasteiger partial charge is 0.258 e. The van der Waals surface area contributed by atoms with Gasteiger partial charge in [0.15, 0.2) is 6.61 Å². The summed E-state index contributed by atoms with van der Waals surface area (Å²) in [6, 6.07) is 25.1. The van der Waals surface area contributed by atoms with Gasteiger partial charge in [0.2, 0.25) is 5.91 Å². The molecule has 0 saturated carbocycles. The van der Waals surface area contributed by atoms with Crippen LogP contribution in [0.1, 0.15) is 22.3 Å². The van der Waals surface area contributed by atoms with Gasteiger partial charge in [-0.2, -0.15) is 5.10 Å². The largest absolute Gasteiger partial charge is 0.484 e. The molecule has 6 nitrogen and oxygen atoms in total. The Hall–Kier alpha value is -3.58. The van der Waals surface area contributed by atoms with Crippen molar-refractivity contribution in [3.8, 4) is 5.75 Å². The Kier molecular flexibility index (Phi) is 9.54. The van der Waals surface area contributed by atoms with Crippen molar-refractivity contribution < 1.29 is 14.3 Å². The second-order valence-corrected chi connectivity index (χ2v) is 8.38. The van der Waals surface area contributed by atoms with Gasteiger partial charge >= 0.3 is 0 Å². The SMILES string of the molecule is Cc1ccc(CSCC(=O)N/N=C\c2ccc(OCC(=O)NCc3ccccc3)cc2)cc1. The summed E-state index contributed by atoms with van der Waals surface area (Å²) in [4.78, 5) is 23.9. The van der Waals surface area contributed by atoms with Gasteiger partial charge in [-0.3, -0.25) is 9.59 Å². The van der Waals surface area contributed by atoms with Crippen molar-refractivity contribution in [3.05, 3.63) is 101 Å². The Labute approximate surface area is 198 Å². The third kappa shape index (κ3) is 9.21. The Morgan fingerprint density at radius 3 is 2.36 bits per heavy atom. The highest BCUT2D eigenvalue weighted by Gasteiger charge is 2.03. The highest BCUT2D eigenvalue weighted by Crippen LogP contribution is 2.13. The fourth-order valence-corrected chi connectivity index (χ4v) is 3.58. The van der Waals surface area contributed by atoms with Crippen LogP contribution >= 0.6 is 11.8 Å². The number of hydrogen-bond donors (Lipinski definition) is 2. The normalized spacial score (nSPS) is 10.7. The standard InChI is InChI=1S/C26H27N3O3S/c1-20-7-9-23(10-8-20)18-33-19-26(31)29-28-16-22-11-13-24(14-12-22)32-17-25(30)27-15-21-5-3-2-4-6-21/h2-14,16H,15,17-19H2,1H3,(H,27,30)(H,29,31)/b28-16-. The van der Waals surface area contributed by atoms with Gasteiger partial charge in [0, 0.05) is 12.3 Å². The van der Waals surface area contributed by atoms with E-state index in [2.05, 4.69) is 47.0 Å². The van der Waals surface area contributed by atoms with E-state index in [0.29, 0.717) is 18.0 Å². The van der Waals surface area contributed by atoms with Gasteiger partial charge in [0.25, 0.3) is 5.91 Å². The predicted octanol–water partition coefficient (Wildman–Crippen LogP) is 4.07. The lowest BCUT2D eigenvalue weighted by atomic mass is 10.2. The molecule has 3 aromatic rings. The van der Waals surface area contributed by atoms with E-state index in [1.54, 1.807) is 42.2 Å². The summed E-state index contributed by atoms with van der Waals surface area (Å²) in [6.45, 7) is 2.46. The van der Waals surface area contributed by atoms with Gasteiger partial charge in [-0.1, -0.05) is 60.2 Å². The molecule has 7 heteroatoms. The monoisotopic (exact) mass is 461 g/mol. The molecule has 170 valence electrons. The van der Waals surface area contributed by atoms with Crippen molar-refractivity contribution in [2.75, 3.05) is 12.4 Å². The van der Waals surface area contributed by atoms with E-state index in [-0.39, 0.29) is 18.4 Å². The maximum Gasteiger partial charge on any atom is 0.258 e. The molecule has 0 unspecified atom stereocenters. The second-order valence-electron chi connectivity index (χ2n) is 7.39. The molecule has 0 bridgehead atoms. The summed E-state index contributed by atoms with van der Waals surface area (Å²) in [6.07, 6.45) is 1.57. The van der Waals surface area contributed by atoms with Crippen LogP contribution in [0.25, 0.3) is 0 Å². The lowest BCUT2D eigenvalue weighted by Gasteiger charge is -2.08.